The van der Waals surface area contributed by atoms with Crippen LogP contribution in [-0.2, 0) is 103 Å². The molecule has 11 aromatic rings. The topological polar surface area (TPSA) is 267 Å². The van der Waals surface area contributed by atoms with Gasteiger partial charge in [0.05, 0.1) is 58.7 Å². The van der Waals surface area contributed by atoms with Crippen molar-refractivity contribution >= 4 is 56.2 Å². The molecule has 9 aliphatic rings. The molecule has 0 spiro atoms. The first kappa shape index (κ1) is 73.5. The van der Waals surface area contributed by atoms with E-state index in [4.69, 9.17) is 39.3 Å². The monoisotopic (exact) mass is 1500 g/mol. The summed E-state index contributed by atoms with van der Waals surface area (Å²) in [6.07, 6.45) is 21.7. The Bertz CT molecular complexity index is 5180. The van der Waals surface area contributed by atoms with E-state index < -0.39 is 0 Å². The van der Waals surface area contributed by atoms with Crippen molar-refractivity contribution < 1.29 is 38.1 Å². The van der Waals surface area contributed by atoms with Crippen LogP contribution in [0.2, 0.25) is 0 Å². The maximum Gasteiger partial charge on any atom is 0.255 e. The largest absolute Gasteiger partial charge is 0.381 e. The Labute approximate surface area is 644 Å². The van der Waals surface area contributed by atoms with E-state index in [0.717, 1.165) is 223 Å². The van der Waals surface area contributed by atoms with Crippen LogP contribution in [0.5, 0.6) is 0 Å². The molecule has 0 atom stereocenters. The van der Waals surface area contributed by atoms with Gasteiger partial charge in [0.2, 0.25) is 23.6 Å². The average molecular weight is 1500 g/mol. The van der Waals surface area contributed by atoms with E-state index in [1.165, 1.54) is 80.8 Å². The minimum atomic E-state index is -0.104. The molecular formula is C86H100N16O9. The maximum atomic E-state index is 12.3. The summed E-state index contributed by atoms with van der Waals surface area (Å²) in [6, 6.07) is 30.4. The molecule has 0 bridgehead atoms. The van der Waals surface area contributed by atoms with Crippen LogP contribution in [0.25, 0.3) is 77.6 Å². The molecule has 20 rings (SSSR count). The molecule has 0 saturated carbocycles. The third kappa shape index (κ3) is 14.7. The van der Waals surface area contributed by atoms with Gasteiger partial charge in [-0.15, -0.1) is 0 Å². The Kier molecular flexibility index (Phi) is 21.3. The highest BCUT2D eigenvalue weighted by Gasteiger charge is 2.37. The number of aromatic nitrogens is 12. The lowest BCUT2D eigenvalue weighted by molar-refractivity contribution is -0.130. The molecule has 578 valence electrons. The number of carbonyl (C=O) groups excluding carboxylic acids is 4. The number of hydrogen-bond donors (Lipinski definition) is 3. The summed E-state index contributed by atoms with van der Waals surface area (Å²) in [5, 5.41) is 31.5. The Hall–Kier alpha value is -10.3. The second-order valence-electron chi connectivity index (χ2n) is 31.1. The van der Waals surface area contributed by atoms with Gasteiger partial charge in [-0.1, -0.05) is 54.6 Å². The molecule has 4 amide bonds. The van der Waals surface area contributed by atoms with Crippen LogP contribution < -0.4 is 5.56 Å². The van der Waals surface area contributed by atoms with E-state index in [9.17, 15) is 24.0 Å². The fourth-order valence-corrected chi connectivity index (χ4v) is 18.5. The number of aromatic amines is 3. The number of benzene rings is 4. The third-order valence-corrected chi connectivity index (χ3v) is 24.6. The van der Waals surface area contributed by atoms with Crippen molar-refractivity contribution in [3.8, 4) is 45.0 Å². The predicted molar refractivity (Wildman–Crippen MR) is 422 cm³/mol. The summed E-state index contributed by atoms with van der Waals surface area (Å²) >= 11 is 0. The van der Waals surface area contributed by atoms with E-state index in [0.29, 0.717) is 62.3 Å². The van der Waals surface area contributed by atoms with Gasteiger partial charge < -0.3 is 48.5 Å². The van der Waals surface area contributed by atoms with E-state index in [1.54, 1.807) is 33.9 Å². The number of H-pyrrole nitrogens is 3. The summed E-state index contributed by atoms with van der Waals surface area (Å²) in [5.74, 6) is 0.484. The lowest BCUT2D eigenvalue weighted by Gasteiger charge is -2.29. The number of fused-ring (bicyclic) bond motifs is 8. The zero-order valence-corrected chi connectivity index (χ0v) is 64.2. The second kappa shape index (κ2) is 32.2. The average Bonchev–Trinajstić information content (AvgIpc) is 1.63. The number of carbonyl (C=O) groups is 4. The molecule has 4 aromatic carbocycles. The lowest BCUT2D eigenvalue weighted by atomic mass is 9.86. The highest BCUT2D eigenvalue weighted by molar-refractivity contribution is 5.97. The smallest absolute Gasteiger partial charge is 0.255 e. The van der Waals surface area contributed by atoms with E-state index in [2.05, 4.69) is 87.4 Å². The lowest BCUT2D eigenvalue weighted by Crippen LogP contribution is -2.35. The first-order valence-corrected chi connectivity index (χ1v) is 40.2. The van der Waals surface area contributed by atoms with Gasteiger partial charge in [0.25, 0.3) is 5.56 Å². The number of pyridine rings is 1. The van der Waals surface area contributed by atoms with Crippen molar-refractivity contribution in [3.63, 3.8) is 0 Å². The van der Waals surface area contributed by atoms with Crippen LogP contribution in [0.15, 0.2) is 108 Å². The number of nitrogens with one attached hydrogen (secondary N) is 3. The summed E-state index contributed by atoms with van der Waals surface area (Å²) < 4.78 is 31.2. The molecule has 15 heterocycles. The van der Waals surface area contributed by atoms with Crippen molar-refractivity contribution in [1.82, 2.24) is 78.9 Å². The normalized spacial score (nSPS) is 18.4. The fraction of sp³-hybridized carbons (Fsp3) is 0.465. The van der Waals surface area contributed by atoms with Crippen LogP contribution in [0.4, 0.5) is 0 Å². The first-order valence-electron chi connectivity index (χ1n) is 40.2. The van der Waals surface area contributed by atoms with Crippen LogP contribution in [0.1, 0.15) is 172 Å². The minimum absolute atomic E-state index is 0.0785. The highest BCUT2D eigenvalue weighted by atomic mass is 16.5. The van der Waals surface area contributed by atoms with Crippen molar-refractivity contribution in [2.75, 3.05) is 79.0 Å². The van der Waals surface area contributed by atoms with Gasteiger partial charge in [0, 0.05) is 260 Å². The number of ether oxygens (including phenoxy) is 4. The first-order chi connectivity index (χ1) is 54.3. The van der Waals surface area contributed by atoms with Gasteiger partial charge in [-0.25, -0.2) is 0 Å². The molecule has 8 aliphatic heterocycles. The summed E-state index contributed by atoms with van der Waals surface area (Å²) in [5.41, 5.74) is 23.3. The minimum Gasteiger partial charge on any atom is -0.381 e. The van der Waals surface area contributed by atoms with Crippen LogP contribution in [0, 0.1) is 0 Å². The molecule has 25 heteroatoms. The second-order valence-corrected chi connectivity index (χ2v) is 31.1. The number of hydrogen-bond acceptors (Lipinski definition) is 14. The Morgan fingerprint density at radius 2 is 0.730 bits per heavy atom. The van der Waals surface area contributed by atoms with Gasteiger partial charge in [-0.3, -0.25) is 47.8 Å². The highest BCUT2D eigenvalue weighted by Crippen LogP contribution is 2.43. The maximum absolute atomic E-state index is 12.3. The molecular weight excluding hydrogens is 1400 g/mol. The van der Waals surface area contributed by atoms with Gasteiger partial charge >= 0.3 is 0 Å². The molecule has 0 unspecified atom stereocenters. The molecule has 4 saturated heterocycles. The van der Waals surface area contributed by atoms with Crippen LogP contribution in [0.3, 0.4) is 0 Å². The van der Waals surface area contributed by atoms with Crippen LogP contribution in [-0.4, -0.2) is 182 Å². The molecule has 25 nitrogen and oxygen atoms in total. The Morgan fingerprint density at radius 1 is 0.369 bits per heavy atom. The van der Waals surface area contributed by atoms with Crippen molar-refractivity contribution in [1.29, 1.82) is 0 Å². The van der Waals surface area contributed by atoms with Gasteiger partial charge in [0.15, 0.2) is 0 Å². The molecule has 1 aliphatic carbocycles. The predicted octanol–water partition coefficient (Wildman–Crippen LogP) is 12.3. The van der Waals surface area contributed by atoms with Gasteiger partial charge in [-0.05, 0) is 124 Å². The summed E-state index contributed by atoms with van der Waals surface area (Å²) in [7, 11) is 0. The van der Waals surface area contributed by atoms with E-state index in [-0.39, 0.29) is 29.2 Å². The number of rotatable bonds is 8. The Morgan fingerprint density at radius 3 is 1.17 bits per heavy atom. The zero-order chi connectivity index (χ0) is 75.8. The molecule has 3 N–H and O–H groups in total. The van der Waals surface area contributed by atoms with E-state index in [1.807, 2.05) is 68.4 Å². The van der Waals surface area contributed by atoms with Crippen molar-refractivity contribution in [2.24, 2.45) is 0 Å². The van der Waals surface area contributed by atoms with Crippen molar-refractivity contribution in [3.05, 3.63) is 170 Å². The summed E-state index contributed by atoms with van der Waals surface area (Å²) in [4.78, 5) is 74.2. The molecule has 111 heavy (non-hydrogen) atoms. The molecule has 4 fully saturated rings. The number of aryl methyl sites for hydroxylation is 1. The quantitative estimate of drug-likeness (QED) is 0.128. The van der Waals surface area contributed by atoms with Gasteiger partial charge in [0.1, 0.15) is 0 Å². The van der Waals surface area contributed by atoms with Gasteiger partial charge in [-0.2, -0.15) is 25.5 Å². The zero-order valence-electron chi connectivity index (χ0n) is 64.2. The SMILES string of the molecule is CC(=O)N1CCc2c(c(-c3cccc4[nH]ccc34)nn2C2CCOCC2)C1.CC(=O)N1CCc2c(c(-c3cccc4[nH]ncc34)nn2C2CCOCC2)C1.CC(=O)N1CCc2c(c(-c3cccc4c(=O)[nH]ccc34)nn2C2CCOCC2)C1.CC(=O)N1CCc2c(c(-c3cccc4c3CCCC4)nn2C2CCOCC2)C1. The number of nitrogens with zero attached hydrogens (tertiary/aromatic N) is 13. The molecule has 7 aromatic heterocycles. The van der Waals surface area contributed by atoms with Crippen molar-refractivity contribution in [2.45, 2.75) is 181 Å². The fourth-order valence-electron chi connectivity index (χ4n) is 18.5. The molecule has 0 radical (unpaired) electrons. The standard InChI is InChI=1S/C23H29N3O2.C22H24N4O3.C21H24N4O2.C20H23N5O2/c1-16(27)25-12-9-22-21(15-25)23(24-26(22)18-10-13-28-14-11-18)20-8-4-6-17-5-2-3-7-19(17)20;1-14(27)25-10-6-20-19(13-25)21(24-26(20)15-7-11-29-12-8-15)17-3-2-4-18-16(17)5-9-23-22(18)28;1-14(26)24-10-6-20-18(13-24)21(23-25(20)15-7-11-27-12-8-15)17-3-2-4-19-16(17)5-9-22-19;1-13(26)24-8-5-19-17(12-24)20(23-25(19)14-6-9-27-10-7-14)15-3-2-4-18-16(15)11-21-22-18/h4,6,8,18H,2-3,5,7,9-15H2,1H3;2-5,9,15H,6-8,10-13H2,1H3,(H,23,28);2-5,9,15,22H,6-8,10-13H2,1H3;2-4,11,14H,5-10,12H2,1H3,(H,21,22). The van der Waals surface area contributed by atoms with Crippen LogP contribution >= 0.6 is 0 Å². The number of amides is 4. The Balaban J connectivity index is 0.000000108. The van der Waals surface area contributed by atoms with E-state index >= 15 is 0 Å². The summed E-state index contributed by atoms with van der Waals surface area (Å²) in [6.45, 7) is 18.4. The third-order valence-electron chi connectivity index (χ3n) is 24.6.